The second-order valence-electron chi connectivity index (χ2n) is 7.16. The van der Waals surface area contributed by atoms with Crippen LogP contribution in [0.4, 0.5) is 0 Å². The van der Waals surface area contributed by atoms with Gasteiger partial charge in [0.05, 0.1) is 11.1 Å². The van der Waals surface area contributed by atoms with Gasteiger partial charge in [0.25, 0.3) is 0 Å². The lowest BCUT2D eigenvalue weighted by atomic mass is 9.97. The molecule has 0 bridgehead atoms. The lowest BCUT2D eigenvalue weighted by Gasteiger charge is -2.29. The summed E-state index contributed by atoms with van der Waals surface area (Å²) in [7, 11) is 0. The zero-order valence-electron chi connectivity index (χ0n) is 15.8. The van der Waals surface area contributed by atoms with E-state index in [0.717, 1.165) is 34.4 Å². The minimum Gasteiger partial charge on any atom is -0.478 e. The summed E-state index contributed by atoms with van der Waals surface area (Å²) in [5, 5.41) is 3.63. The third-order valence-electron chi connectivity index (χ3n) is 5.27. The van der Waals surface area contributed by atoms with Crippen molar-refractivity contribution in [2.45, 2.75) is 20.0 Å². The molecular weight excluding hydrogens is 406 g/mol. The van der Waals surface area contributed by atoms with E-state index in [1.54, 1.807) is 23.5 Å². The number of ether oxygens (including phenoxy) is 1. The van der Waals surface area contributed by atoms with Gasteiger partial charge in [-0.25, -0.2) is 4.79 Å². The van der Waals surface area contributed by atoms with Crippen LogP contribution in [0.3, 0.4) is 0 Å². The maximum atomic E-state index is 12.9. The third-order valence-corrected chi connectivity index (χ3v) is 6.39. The molecule has 0 saturated heterocycles. The quantitative estimate of drug-likeness (QED) is 0.388. The molecule has 1 aliphatic rings. The van der Waals surface area contributed by atoms with Crippen LogP contribution in [0.25, 0.3) is 22.1 Å². The SMILES string of the molecule is Cc1c(-c2ccc(Cl)cc2)c(=O)oc2c3c(ccc12)OCN(Cc1cccs1)C3. The Bertz CT molecular complexity index is 1250. The summed E-state index contributed by atoms with van der Waals surface area (Å²) in [6.45, 7) is 3.96. The fourth-order valence-corrected chi connectivity index (χ4v) is 4.72. The van der Waals surface area contributed by atoms with Crippen LogP contribution >= 0.6 is 22.9 Å². The fraction of sp³-hybridized carbons (Fsp3) is 0.174. The van der Waals surface area contributed by atoms with E-state index in [4.69, 9.17) is 20.8 Å². The molecule has 6 heteroatoms. The molecule has 0 unspecified atom stereocenters. The van der Waals surface area contributed by atoms with Crippen molar-refractivity contribution in [2.75, 3.05) is 6.73 Å². The molecule has 0 amide bonds. The number of fused-ring (bicyclic) bond motifs is 3. The molecule has 2 aromatic heterocycles. The molecule has 0 aliphatic carbocycles. The summed E-state index contributed by atoms with van der Waals surface area (Å²) in [6, 6.07) is 15.4. The highest BCUT2D eigenvalue weighted by Crippen LogP contribution is 2.36. The second-order valence-corrected chi connectivity index (χ2v) is 8.62. The second kappa shape index (κ2) is 7.34. The average Bonchev–Trinajstić information content (AvgIpc) is 3.22. The van der Waals surface area contributed by atoms with Gasteiger partial charge in [-0.15, -0.1) is 11.3 Å². The zero-order chi connectivity index (χ0) is 20.0. The highest BCUT2D eigenvalue weighted by atomic mass is 35.5. The lowest BCUT2D eigenvalue weighted by Crippen LogP contribution is -2.31. The van der Waals surface area contributed by atoms with E-state index in [1.807, 2.05) is 31.2 Å². The molecule has 0 saturated carbocycles. The Kier molecular flexibility index (Phi) is 4.66. The van der Waals surface area contributed by atoms with Crippen LogP contribution < -0.4 is 10.4 Å². The Balaban J connectivity index is 1.60. The first-order chi connectivity index (χ1) is 14.1. The topological polar surface area (TPSA) is 42.7 Å². The Labute approximate surface area is 176 Å². The number of benzene rings is 2. The number of thiophene rings is 1. The summed E-state index contributed by atoms with van der Waals surface area (Å²) in [6.07, 6.45) is 0. The molecule has 0 spiro atoms. The van der Waals surface area contributed by atoms with E-state index < -0.39 is 0 Å². The average molecular weight is 424 g/mol. The van der Waals surface area contributed by atoms with Gasteiger partial charge in [-0.1, -0.05) is 29.8 Å². The van der Waals surface area contributed by atoms with Crippen molar-refractivity contribution in [3.05, 3.63) is 85.4 Å². The van der Waals surface area contributed by atoms with Gasteiger partial charge in [0.1, 0.15) is 18.1 Å². The third kappa shape index (κ3) is 3.35. The van der Waals surface area contributed by atoms with Crippen LogP contribution in [0.2, 0.25) is 5.02 Å². The van der Waals surface area contributed by atoms with Crippen molar-refractivity contribution >= 4 is 33.9 Å². The number of hydrogen-bond donors (Lipinski definition) is 0. The molecule has 0 atom stereocenters. The number of halogens is 1. The summed E-state index contributed by atoms with van der Waals surface area (Å²) >= 11 is 7.73. The van der Waals surface area contributed by atoms with Crippen molar-refractivity contribution in [3.8, 4) is 16.9 Å². The number of nitrogens with zero attached hydrogens (tertiary/aromatic N) is 1. The monoisotopic (exact) mass is 423 g/mol. The summed E-state index contributed by atoms with van der Waals surface area (Å²) in [5.74, 6) is 0.779. The number of rotatable bonds is 3. The molecule has 2 aromatic carbocycles. The van der Waals surface area contributed by atoms with Gasteiger partial charge < -0.3 is 9.15 Å². The molecule has 0 N–H and O–H groups in total. The smallest absolute Gasteiger partial charge is 0.344 e. The Morgan fingerprint density at radius 3 is 2.72 bits per heavy atom. The molecule has 5 rings (SSSR count). The lowest BCUT2D eigenvalue weighted by molar-refractivity contribution is 0.0899. The van der Waals surface area contributed by atoms with Gasteiger partial charge >= 0.3 is 5.63 Å². The molecule has 3 heterocycles. The summed E-state index contributed by atoms with van der Waals surface area (Å²) in [4.78, 5) is 16.4. The first-order valence-corrected chi connectivity index (χ1v) is 10.6. The zero-order valence-corrected chi connectivity index (χ0v) is 17.3. The first kappa shape index (κ1) is 18.4. The van der Waals surface area contributed by atoms with Gasteiger partial charge in [-0.2, -0.15) is 0 Å². The molecule has 0 fully saturated rings. The first-order valence-electron chi connectivity index (χ1n) is 9.33. The number of hydrogen-bond acceptors (Lipinski definition) is 5. The molecule has 1 aliphatic heterocycles. The Morgan fingerprint density at radius 2 is 1.97 bits per heavy atom. The maximum Gasteiger partial charge on any atom is 0.344 e. The predicted molar refractivity (Wildman–Crippen MR) is 117 cm³/mol. The largest absolute Gasteiger partial charge is 0.478 e. The van der Waals surface area contributed by atoms with Crippen LogP contribution in [0.15, 0.2) is 63.1 Å². The van der Waals surface area contributed by atoms with E-state index in [0.29, 0.717) is 29.4 Å². The fourth-order valence-electron chi connectivity index (χ4n) is 3.84. The van der Waals surface area contributed by atoms with Crippen LogP contribution in [0.1, 0.15) is 16.0 Å². The molecular formula is C23H18ClNO3S. The van der Waals surface area contributed by atoms with E-state index in [1.165, 1.54) is 4.88 Å². The van der Waals surface area contributed by atoms with Gasteiger partial charge in [-0.3, -0.25) is 4.90 Å². The molecule has 29 heavy (non-hydrogen) atoms. The van der Waals surface area contributed by atoms with Crippen LogP contribution in [-0.2, 0) is 13.1 Å². The van der Waals surface area contributed by atoms with Crippen LogP contribution in [-0.4, -0.2) is 11.6 Å². The van der Waals surface area contributed by atoms with E-state index in [2.05, 4.69) is 22.4 Å². The van der Waals surface area contributed by atoms with Crippen molar-refractivity contribution < 1.29 is 9.15 Å². The van der Waals surface area contributed by atoms with Crippen molar-refractivity contribution in [1.82, 2.24) is 4.90 Å². The molecule has 4 nitrogen and oxygen atoms in total. The standard InChI is InChI=1S/C23H18ClNO3S/c1-14-18-8-9-20-19(12-25(13-27-20)11-17-3-2-10-29-17)22(18)28-23(26)21(14)15-4-6-16(24)7-5-15/h2-10H,11-13H2,1H3. The van der Waals surface area contributed by atoms with Crippen molar-refractivity contribution in [2.24, 2.45) is 0 Å². The molecule has 146 valence electrons. The minimum absolute atomic E-state index is 0.346. The van der Waals surface area contributed by atoms with E-state index in [9.17, 15) is 4.79 Å². The van der Waals surface area contributed by atoms with Crippen molar-refractivity contribution in [1.29, 1.82) is 0 Å². The van der Waals surface area contributed by atoms with E-state index >= 15 is 0 Å². The highest BCUT2D eigenvalue weighted by Gasteiger charge is 2.24. The number of aryl methyl sites for hydroxylation is 1. The maximum absolute atomic E-state index is 12.9. The van der Waals surface area contributed by atoms with Crippen molar-refractivity contribution in [3.63, 3.8) is 0 Å². The van der Waals surface area contributed by atoms with Gasteiger partial charge in [0.2, 0.25) is 0 Å². The predicted octanol–water partition coefficient (Wildman–Crippen LogP) is 5.84. The van der Waals surface area contributed by atoms with Crippen LogP contribution in [0.5, 0.6) is 5.75 Å². The van der Waals surface area contributed by atoms with Crippen LogP contribution in [0, 0.1) is 6.92 Å². The molecule has 0 radical (unpaired) electrons. The van der Waals surface area contributed by atoms with Gasteiger partial charge in [0.15, 0.2) is 0 Å². The van der Waals surface area contributed by atoms with Gasteiger partial charge in [-0.05, 0) is 53.8 Å². The highest BCUT2D eigenvalue weighted by molar-refractivity contribution is 7.09. The normalized spacial score (nSPS) is 14.0. The minimum atomic E-state index is -0.346. The Morgan fingerprint density at radius 1 is 1.14 bits per heavy atom. The van der Waals surface area contributed by atoms with Gasteiger partial charge in [0, 0.05) is 28.4 Å². The van der Waals surface area contributed by atoms with E-state index in [-0.39, 0.29) is 5.63 Å². The summed E-state index contributed by atoms with van der Waals surface area (Å²) in [5.41, 5.74) is 3.46. The Hall–Kier alpha value is -2.60. The summed E-state index contributed by atoms with van der Waals surface area (Å²) < 4.78 is 11.8. The molecule has 4 aromatic rings.